The molecule has 0 spiro atoms. The minimum Gasteiger partial charge on any atom is -0.0996 e. The molecule has 0 aromatic heterocycles. The summed E-state index contributed by atoms with van der Waals surface area (Å²) < 4.78 is 0. The molecule has 0 N–H and O–H groups in total. The molecule has 3 rings (SSSR count). The molecule has 0 saturated heterocycles. The Morgan fingerprint density at radius 3 is 2.73 bits per heavy atom. The topological polar surface area (TPSA) is 0 Å². The Hall–Kier alpha value is -0.520. The molecule has 2 fully saturated rings. The van der Waals surface area contributed by atoms with Crippen molar-refractivity contribution >= 4 is 0 Å². The monoisotopic (exact) mass is 202 g/mol. The average molecular weight is 202 g/mol. The maximum absolute atomic E-state index is 4.33. The van der Waals surface area contributed by atoms with Crippen molar-refractivity contribution in [3.05, 3.63) is 24.3 Å². The number of hydrogen-bond acceptors (Lipinski definition) is 0. The third-order valence-corrected chi connectivity index (χ3v) is 5.28. The van der Waals surface area contributed by atoms with E-state index < -0.39 is 0 Å². The van der Waals surface area contributed by atoms with Gasteiger partial charge in [-0.15, -0.1) is 0 Å². The molecule has 4 atom stereocenters. The van der Waals surface area contributed by atoms with Gasteiger partial charge in [-0.2, -0.15) is 0 Å². The molecule has 3 aliphatic rings. The van der Waals surface area contributed by atoms with Crippen molar-refractivity contribution in [2.75, 3.05) is 0 Å². The van der Waals surface area contributed by atoms with Crippen LogP contribution in [0.5, 0.6) is 0 Å². The molecule has 0 aromatic carbocycles. The number of hydrogen-bond donors (Lipinski definition) is 0. The summed E-state index contributed by atoms with van der Waals surface area (Å²) in [5.74, 6) is 2.58. The molecule has 0 amide bonds. The van der Waals surface area contributed by atoms with Gasteiger partial charge >= 0.3 is 0 Å². The third kappa shape index (κ3) is 1.08. The summed E-state index contributed by atoms with van der Waals surface area (Å²) in [5, 5.41) is 0. The molecule has 2 saturated carbocycles. The van der Waals surface area contributed by atoms with Crippen LogP contribution < -0.4 is 0 Å². The van der Waals surface area contributed by atoms with Gasteiger partial charge in [0, 0.05) is 0 Å². The Bertz CT molecular complexity index is 347. The summed E-state index contributed by atoms with van der Waals surface area (Å²) in [6.45, 7) is 11.6. The summed E-state index contributed by atoms with van der Waals surface area (Å²) in [5.41, 5.74) is 2.41. The summed E-state index contributed by atoms with van der Waals surface area (Å²) in [6, 6.07) is 0. The first-order chi connectivity index (χ1) is 6.94. The van der Waals surface area contributed by atoms with Crippen LogP contribution in [0.25, 0.3) is 0 Å². The molecule has 0 unspecified atom stereocenters. The molecule has 0 radical (unpaired) electrons. The molecule has 3 aliphatic carbocycles. The van der Waals surface area contributed by atoms with Crippen LogP contribution in [-0.4, -0.2) is 0 Å². The van der Waals surface area contributed by atoms with Gasteiger partial charge in [0.1, 0.15) is 0 Å². The van der Waals surface area contributed by atoms with Gasteiger partial charge in [0.25, 0.3) is 0 Å². The number of fused-ring (bicyclic) bond motifs is 3. The van der Waals surface area contributed by atoms with Crippen LogP contribution in [-0.2, 0) is 0 Å². The van der Waals surface area contributed by atoms with E-state index in [-0.39, 0.29) is 0 Å². The second kappa shape index (κ2) is 2.59. The van der Waals surface area contributed by atoms with Crippen LogP contribution in [0.2, 0.25) is 0 Å². The fraction of sp³-hybridized carbons (Fsp3) is 0.733. The smallest absolute Gasteiger partial charge is 0.0101 e. The predicted molar refractivity (Wildman–Crippen MR) is 64.5 cm³/mol. The molecule has 82 valence electrons. The van der Waals surface area contributed by atoms with E-state index >= 15 is 0 Å². The molecule has 0 aromatic rings. The zero-order valence-electron chi connectivity index (χ0n) is 10.2. The molecular formula is C15H22. The highest BCUT2D eigenvalue weighted by atomic mass is 14.6. The zero-order chi connectivity index (χ0) is 10.8. The summed E-state index contributed by atoms with van der Waals surface area (Å²) in [6.07, 6.45) is 9.06. The highest BCUT2D eigenvalue weighted by Gasteiger charge is 2.59. The van der Waals surface area contributed by atoms with Gasteiger partial charge in [0.2, 0.25) is 0 Å². The van der Waals surface area contributed by atoms with Gasteiger partial charge in [0.15, 0.2) is 0 Å². The first kappa shape index (κ1) is 9.69. The average Bonchev–Trinajstić information content (AvgIpc) is 2.67. The van der Waals surface area contributed by atoms with E-state index in [1.807, 2.05) is 0 Å². The Kier molecular flexibility index (Phi) is 1.67. The predicted octanol–water partition coefficient (Wildman–Crippen LogP) is 4.19. The van der Waals surface area contributed by atoms with E-state index in [0.29, 0.717) is 10.8 Å². The van der Waals surface area contributed by atoms with Crippen LogP contribution >= 0.6 is 0 Å². The quantitative estimate of drug-likeness (QED) is 0.517. The second-order valence-corrected chi connectivity index (χ2v) is 6.83. The third-order valence-electron chi connectivity index (χ3n) is 5.28. The molecule has 0 heterocycles. The van der Waals surface area contributed by atoms with Crippen molar-refractivity contribution in [2.24, 2.45) is 28.6 Å². The highest BCUT2D eigenvalue weighted by molar-refractivity contribution is 5.29. The molecular weight excluding hydrogens is 180 g/mol. The van der Waals surface area contributed by atoms with Gasteiger partial charge < -0.3 is 0 Å². The van der Waals surface area contributed by atoms with Crippen LogP contribution in [0.15, 0.2) is 24.3 Å². The van der Waals surface area contributed by atoms with Crippen LogP contribution in [0.1, 0.15) is 40.0 Å². The van der Waals surface area contributed by atoms with Gasteiger partial charge in [-0.1, -0.05) is 45.1 Å². The fourth-order valence-corrected chi connectivity index (χ4v) is 4.88. The van der Waals surface area contributed by atoms with E-state index in [2.05, 4.69) is 39.5 Å². The Balaban J connectivity index is 2.05. The summed E-state index contributed by atoms with van der Waals surface area (Å²) >= 11 is 0. The lowest BCUT2D eigenvalue weighted by molar-refractivity contribution is 0.168. The lowest BCUT2D eigenvalue weighted by Gasteiger charge is -2.36. The van der Waals surface area contributed by atoms with Crippen molar-refractivity contribution in [1.82, 2.24) is 0 Å². The Morgan fingerprint density at radius 2 is 2.00 bits per heavy atom. The SMILES string of the molecule is C=C1CC[C@H]2C[C@@]3(C)C=CC(C)(C)[C@@H]3[C@@H]12. The van der Waals surface area contributed by atoms with Gasteiger partial charge in [-0.3, -0.25) is 0 Å². The van der Waals surface area contributed by atoms with Gasteiger partial charge in [-0.25, -0.2) is 0 Å². The van der Waals surface area contributed by atoms with Crippen molar-refractivity contribution in [1.29, 1.82) is 0 Å². The van der Waals surface area contributed by atoms with Crippen molar-refractivity contribution in [3.8, 4) is 0 Å². The largest absolute Gasteiger partial charge is 0.0996 e. The van der Waals surface area contributed by atoms with Crippen LogP contribution in [0.3, 0.4) is 0 Å². The zero-order valence-corrected chi connectivity index (χ0v) is 10.2. The molecule has 0 nitrogen and oxygen atoms in total. The lowest BCUT2D eigenvalue weighted by atomic mass is 9.67. The minimum atomic E-state index is 0.390. The van der Waals surface area contributed by atoms with Crippen LogP contribution in [0.4, 0.5) is 0 Å². The van der Waals surface area contributed by atoms with Crippen molar-refractivity contribution in [2.45, 2.75) is 40.0 Å². The second-order valence-electron chi connectivity index (χ2n) is 6.83. The first-order valence-electron chi connectivity index (χ1n) is 6.32. The standard InChI is InChI=1S/C15H22/c1-10-5-6-11-9-15(4)8-7-14(2,3)13(15)12(10)11/h7-8,11-13H,1,5-6,9H2,2-4H3/t11-,12-,13-,15+/m0/s1. The summed E-state index contributed by atoms with van der Waals surface area (Å²) in [7, 11) is 0. The Labute approximate surface area is 93.5 Å². The summed E-state index contributed by atoms with van der Waals surface area (Å²) in [4.78, 5) is 0. The van der Waals surface area contributed by atoms with E-state index in [0.717, 1.165) is 17.8 Å². The van der Waals surface area contributed by atoms with Crippen molar-refractivity contribution < 1.29 is 0 Å². The number of allylic oxidation sites excluding steroid dienone is 3. The minimum absolute atomic E-state index is 0.390. The first-order valence-corrected chi connectivity index (χ1v) is 6.32. The molecule has 0 bridgehead atoms. The molecule has 0 aliphatic heterocycles. The van der Waals surface area contributed by atoms with E-state index in [9.17, 15) is 0 Å². The maximum atomic E-state index is 4.33. The Morgan fingerprint density at radius 1 is 1.27 bits per heavy atom. The lowest BCUT2D eigenvalue weighted by Crippen LogP contribution is -2.31. The molecule has 0 heteroatoms. The van der Waals surface area contributed by atoms with E-state index in [1.54, 1.807) is 5.57 Å². The number of rotatable bonds is 0. The van der Waals surface area contributed by atoms with Gasteiger partial charge in [0.05, 0.1) is 0 Å². The normalized spacial score (nSPS) is 50.9. The van der Waals surface area contributed by atoms with E-state index in [1.165, 1.54) is 19.3 Å². The van der Waals surface area contributed by atoms with Crippen molar-refractivity contribution in [3.63, 3.8) is 0 Å². The highest BCUT2D eigenvalue weighted by Crippen LogP contribution is 2.66. The fourth-order valence-electron chi connectivity index (χ4n) is 4.88. The van der Waals surface area contributed by atoms with Gasteiger partial charge in [-0.05, 0) is 47.8 Å². The maximum Gasteiger partial charge on any atom is -0.0101 e. The molecule has 15 heavy (non-hydrogen) atoms. The van der Waals surface area contributed by atoms with E-state index in [4.69, 9.17) is 0 Å². The van der Waals surface area contributed by atoms with Crippen LogP contribution in [0, 0.1) is 28.6 Å².